The molecule has 26 heavy (non-hydrogen) atoms. The first-order chi connectivity index (χ1) is 12.7. The van der Waals surface area contributed by atoms with Gasteiger partial charge in [0.15, 0.2) is 5.82 Å². The van der Waals surface area contributed by atoms with Gasteiger partial charge in [-0.1, -0.05) is 12.1 Å². The van der Waals surface area contributed by atoms with E-state index >= 15 is 0 Å². The fourth-order valence-electron chi connectivity index (χ4n) is 4.04. The number of carbonyl (C=O) groups is 1. The number of aryl methyl sites for hydroxylation is 1. The summed E-state index contributed by atoms with van der Waals surface area (Å²) >= 11 is 0. The van der Waals surface area contributed by atoms with Gasteiger partial charge in [-0.2, -0.15) is 0 Å². The number of amides is 1. The van der Waals surface area contributed by atoms with E-state index in [1.807, 2.05) is 25.1 Å². The molecule has 2 N–H and O–H groups in total. The number of nitrogens with zero attached hydrogens (tertiary/aromatic N) is 3. The summed E-state index contributed by atoms with van der Waals surface area (Å²) in [6.07, 6.45) is 3.24. The van der Waals surface area contributed by atoms with Gasteiger partial charge in [0.05, 0.1) is 16.8 Å². The van der Waals surface area contributed by atoms with Crippen molar-refractivity contribution in [2.45, 2.75) is 26.2 Å². The number of benzene rings is 1. The zero-order valence-electron chi connectivity index (χ0n) is 14.8. The molecule has 1 amide bonds. The van der Waals surface area contributed by atoms with E-state index in [4.69, 9.17) is 9.97 Å². The van der Waals surface area contributed by atoms with Crippen LogP contribution in [0, 0.1) is 6.92 Å². The lowest BCUT2D eigenvalue weighted by molar-refractivity contribution is 0.0946. The zero-order valence-corrected chi connectivity index (χ0v) is 14.8. The van der Waals surface area contributed by atoms with Gasteiger partial charge in [0.1, 0.15) is 5.52 Å². The molecule has 0 unspecified atom stereocenters. The van der Waals surface area contributed by atoms with Crippen LogP contribution in [0.1, 0.15) is 34.6 Å². The Bertz CT molecular complexity index is 1020. The van der Waals surface area contributed by atoms with Crippen LogP contribution in [0.15, 0.2) is 24.3 Å². The van der Waals surface area contributed by atoms with Crippen molar-refractivity contribution in [2.24, 2.45) is 0 Å². The average Bonchev–Trinajstić information content (AvgIpc) is 3.31. The van der Waals surface area contributed by atoms with Gasteiger partial charge in [0.25, 0.3) is 5.91 Å². The molecule has 5 rings (SSSR count). The molecule has 132 valence electrons. The number of anilines is 1. The third kappa shape index (κ3) is 2.36. The molecule has 2 aromatic heterocycles. The van der Waals surface area contributed by atoms with Gasteiger partial charge in [-0.15, -0.1) is 0 Å². The van der Waals surface area contributed by atoms with E-state index in [1.54, 1.807) is 0 Å². The number of rotatable bonds is 2. The van der Waals surface area contributed by atoms with E-state index in [1.165, 1.54) is 12.8 Å². The highest BCUT2D eigenvalue weighted by atomic mass is 16.1. The molecule has 0 atom stereocenters. The van der Waals surface area contributed by atoms with Crippen LogP contribution in [0.4, 0.5) is 5.82 Å². The molecule has 1 aromatic carbocycles. The maximum absolute atomic E-state index is 12.1. The maximum atomic E-state index is 12.1. The summed E-state index contributed by atoms with van der Waals surface area (Å²) in [6.45, 7) is 4.80. The Morgan fingerprint density at radius 3 is 2.77 bits per heavy atom. The Morgan fingerprint density at radius 2 is 1.96 bits per heavy atom. The van der Waals surface area contributed by atoms with E-state index in [-0.39, 0.29) is 5.91 Å². The molecule has 0 radical (unpaired) electrons. The van der Waals surface area contributed by atoms with Gasteiger partial charge in [0.2, 0.25) is 0 Å². The van der Waals surface area contributed by atoms with Crippen molar-refractivity contribution in [3.63, 3.8) is 0 Å². The first-order valence-electron chi connectivity index (χ1n) is 9.23. The molecule has 0 saturated carbocycles. The van der Waals surface area contributed by atoms with Crippen molar-refractivity contribution in [1.82, 2.24) is 20.3 Å². The molecule has 2 aliphatic heterocycles. The lowest BCUT2D eigenvalue weighted by atomic mass is 10.1. The molecular formula is C20H21N5O. The number of aromatic nitrogens is 3. The molecule has 3 aromatic rings. The van der Waals surface area contributed by atoms with Crippen LogP contribution < -0.4 is 10.2 Å². The van der Waals surface area contributed by atoms with E-state index in [2.05, 4.69) is 21.3 Å². The summed E-state index contributed by atoms with van der Waals surface area (Å²) < 4.78 is 0. The lowest BCUT2D eigenvalue weighted by Gasteiger charge is -2.19. The number of carbonyl (C=O) groups excluding carboxylic acids is 1. The minimum absolute atomic E-state index is 0.00586. The molecule has 0 aliphatic carbocycles. The number of para-hydroxylation sites is 1. The highest BCUT2D eigenvalue weighted by molar-refractivity contribution is 5.99. The highest BCUT2D eigenvalue weighted by Crippen LogP contribution is 2.31. The van der Waals surface area contributed by atoms with E-state index in [0.29, 0.717) is 6.54 Å². The number of nitrogens with one attached hydrogen (secondary N) is 2. The maximum Gasteiger partial charge on any atom is 0.253 e. The summed E-state index contributed by atoms with van der Waals surface area (Å²) in [4.78, 5) is 27.7. The van der Waals surface area contributed by atoms with Crippen LogP contribution in [-0.4, -0.2) is 40.5 Å². The molecule has 4 heterocycles. The molecular weight excluding hydrogens is 326 g/mol. The normalized spacial score (nSPS) is 16.8. The molecule has 6 nitrogen and oxygen atoms in total. The largest absolute Gasteiger partial charge is 0.358 e. The smallest absolute Gasteiger partial charge is 0.253 e. The van der Waals surface area contributed by atoms with Crippen LogP contribution in [-0.2, 0) is 6.42 Å². The molecule has 6 heteroatoms. The second-order valence-corrected chi connectivity index (χ2v) is 7.08. The number of fused-ring (bicyclic) bond motifs is 2. The summed E-state index contributed by atoms with van der Waals surface area (Å²) in [7, 11) is 0. The minimum Gasteiger partial charge on any atom is -0.358 e. The Kier molecular flexibility index (Phi) is 3.45. The Balaban J connectivity index is 1.68. The first kappa shape index (κ1) is 15.4. The van der Waals surface area contributed by atoms with Gasteiger partial charge in [-0.3, -0.25) is 4.79 Å². The summed E-state index contributed by atoms with van der Waals surface area (Å²) in [6, 6.07) is 7.99. The molecule has 2 aliphatic rings. The molecule has 1 saturated heterocycles. The van der Waals surface area contributed by atoms with Crippen molar-refractivity contribution in [2.75, 3.05) is 24.5 Å². The molecule has 1 fully saturated rings. The van der Waals surface area contributed by atoms with Gasteiger partial charge >= 0.3 is 0 Å². The Labute approximate surface area is 151 Å². The predicted octanol–water partition coefficient (Wildman–Crippen LogP) is 2.82. The second kappa shape index (κ2) is 5.83. The molecule has 0 spiro atoms. The van der Waals surface area contributed by atoms with Gasteiger partial charge in [-0.05, 0) is 31.9 Å². The van der Waals surface area contributed by atoms with Crippen LogP contribution in [0.5, 0.6) is 0 Å². The third-order valence-corrected chi connectivity index (χ3v) is 5.34. The SMILES string of the molecule is Cc1nc2cccc(-c3cc4c([nH]3)CCNC4=O)c2nc1N1CCCC1. The van der Waals surface area contributed by atoms with Crippen molar-refractivity contribution < 1.29 is 4.79 Å². The predicted molar refractivity (Wildman–Crippen MR) is 102 cm³/mol. The number of hydrogen-bond acceptors (Lipinski definition) is 4. The topological polar surface area (TPSA) is 73.9 Å². The van der Waals surface area contributed by atoms with Gasteiger partial charge < -0.3 is 15.2 Å². The van der Waals surface area contributed by atoms with Gasteiger partial charge in [0, 0.05) is 43.0 Å². The van der Waals surface area contributed by atoms with Crippen LogP contribution in [0.25, 0.3) is 22.3 Å². The van der Waals surface area contributed by atoms with Crippen molar-refractivity contribution in [3.05, 3.63) is 41.2 Å². The summed E-state index contributed by atoms with van der Waals surface area (Å²) in [5.41, 5.74) is 6.42. The fourth-order valence-corrected chi connectivity index (χ4v) is 4.04. The molecule has 0 bridgehead atoms. The van der Waals surface area contributed by atoms with E-state index in [0.717, 1.165) is 64.6 Å². The highest BCUT2D eigenvalue weighted by Gasteiger charge is 2.22. The lowest BCUT2D eigenvalue weighted by Crippen LogP contribution is -2.31. The van der Waals surface area contributed by atoms with Crippen LogP contribution >= 0.6 is 0 Å². The average molecular weight is 347 g/mol. The second-order valence-electron chi connectivity index (χ2n) is 7.08. The Hall–Kier alpha value is -2.89. The van der Waals surface area contributed by atoms with Crippen LogP contribution in [0.3, 0.4) is 0 Å². The monoisotopic (exact) mass is 347 g/mol. The third-order valence-electron chi connectivity index (χ3n) is 5.34. The van der Waals surface area contributed by atoms with E-state index < -0.39 is 0 Å². The standard InChI is InChI=1S/C20H21N5O/c1-12-19(25-9-2-3-10-25)24-18-13(5-4-6-16(18)22-12)17-11-14-15(23-17)7-8-21-20(14)26/h4-6,11,23H,2-3,7-10H2,1H3,(H,21,26). The van der Waals surface area contributed by atoms with Crippen LogP contribution in [0.2, 0.25) is 0 Å². The first-order valence-corrected chi connectivity index (χ1v) is 9.23. The van der Waals surface area contributed by atoms with Crippen molar-refractivity contribution in [1.29, 1.82) is 0 Å². The van der Waals surface area contributed by atoms with Gasteiger partial charge in [-0.25, -0.2) is 9.97 Å². The van der Waals surface area contributed by atoms with Crippen molar-refractivity contribution in [3.8, 4) is 11.3 Å². The van der Waals surface area contributed by atoms with E-state index in [9.17, 15) is 4.79 Å². The fraction of sp³-hybridized carbons (Fsp3) is 0.350. The minimum atomic E-state index is -0.00586. The zero-order chi connectivity index (χ0) is 17.7. The number of H-pyrrole nitrogens is 1. The van der Waals surface area contributed by atoms with Crippen molar-refractivity contribution >= 4 is 22.8 Å². The summed E-state index contributed by atoms with van der Waals surface area (Å²) in [5, 5.41) is 2.90. The summed E-state index contributed by atoms with van der Waals surface area (Å²) in [5.74, 6) is 0.977. The Morgan fingerprint density at radius 1 is 1.12 bits per heavy atom. The number of aromatic amines is 1. The quantitative estimate of drug-likeness (QED) is 0.748. The number of hydrogen-bond donors (Lipinski definition) is 2.